The minimum absolute atomic E-state index is 0.804. The number of hydrogen-bond acceptors (Lipinski definition) is 5. The summed E-state index contributed by atoms with van der Waals surface area (Å²) in [7, 11) is 1.99. The second kappa shape index (κ2) is 5.81. The zero-order chi connectivity index (χ0) is 15.1. The summed E-state index contributed by atoms with van der Waals surface area (Å²) < 4.78 is 3.16. The van der Waals surface area contributed by atoms with Crippen LogP contribution in [0.25, 0.3) is 10.3 Å². The molecular formula is C16H25N5S. The monoisotopic (exact) mass is 319 g/mol. The smallest absolute Gasteiger partial charge is 0.188 e. The molecule has 0 aliphatic carbocycles. The highest BCUT2D eigenvalue weighted by molar-refractivity contribution is 7.22. The van der Waals surface area contributed by atoms with Crippen LogP contribution in [0.15, 0.2) is 0 Å². The van der Waals surface area contributed by atoms with E-state index in [1.54, 1.807) is 0 Å². The molecule has 120 valence electrons. The Bertz CT molecular complexity index is 620. The number of aryl methyl sites for hydroxylation is 2. The summed E-state index contributed by atoms with van der Waals surface area (Å²) in [4.78, 5) is 10.0. The second-order valence-corrected chi connectivity index (χ2v) is 7.80. The highest BCUT2D eigenvalue weighted by Crippen LogP contribution is 2.33. The molecule has 0 amide bonds. The lowest BCUT2D eigenvalue weighted by atomic mass is 9.98. The van der Waals surface area contributed by atoms with Gasteiger partial charge in [0.1, 0.15) is 0 Å². The Morgan fingerprint density at radius 1 is 1.18 bits per heavy atom. The normalized spacial score (nSPS) is 23.7. The molecule has 0 spiro atoms. The number of aromatic nitrogens is 3. The van der Waals surface area contributed by atoms with E-state index >= 15 is 0 Å². The molecule has 0 unspecified atom stereocenters. The summed E-state index contributed by atoms with van der Waals surface area (Å²) in [6.45, 7) is 8.30. The summed E-state index contributed by atoms with van der Waals surface area (Å²) in [5, 5.41) is 5.65. The van der Waals surface area contributed by atoms with E-state index in [9.17, 15) is 0 Å². The summed E-state index contributed by atoms with van der Waals surface area (Å²) in [5.74, 6) is 0.804. The largest absolute Gasteiger partial charge is 0.348 e. The number of likely N-dealkylation sites (tertiary alicyclic amines) is 1. The van der Waals surface area contributed by atoms with Crippen LogP contribution in [0.5, 0.6) is 0 Å². The molecule has 0 N–H and O–H groups in total. The molecule has 2 aromatic rings. The van der Waals surface area contributed by atoms with Crippen molar-refractivity contribution in [1.82, 2.24) is 19.7 Å². The molecule has 1 atom stereocenters. The Hall–Kier alpha value is -1.14. The SMILES string of the molecule is Cc1nn(C)c2nc(N3CCC[C@@H](CN4CCCC4)C3)sc12. The third-order valence-corrected chi connectivity index (χ3v) is 6.25. The summed E-state index contributed by atoms with van der Waals surface area (Å²) in [6.07, 6.45) is 5.45. The molecule has 4 heterocycles. The predicted molar refractivity (Wildman–Crippen MR) is 91.7 cm³/mol. The van der Waals surface area contributed by atoms with Gasteiger partial charge in [-0.25, -0.2) is 9.67 Å². The van der Waals surface area contributed by atoms with Crippen LogP contribution in [0.2, 0.25) is 0 Å². The zero-order valence-corrected chi connectivity index (χ0v) is 14.4. The van der Waals surface area contributed by atoms with Crippen molar-refractivity contribution >= 4 is 26.8 Å². The van der Waals surface area contributed by atoms with Crippen molar-refractivity contribution < 1.29 is 0 Å². The van der Waals surface area contributed by atoms with E-state index in [1.807, 2.05) is 23.1 Å². The Morgan fingerprint density at radius 2 is 2.00 bits per heavy atom. The van der Waals surface area contributed by atoms with E-state index in [1.165, 1.54) is 61.7 Å². The fourth-order valence-electron chi connectivity index (χ4n) is 3.93. The lowest BCUT2D eigenvalue weighted by Crippen LogP contribution is -2.40. The van der Waals surface area contributed by atoms with Gasteiger partial charge in [-0.3, -0.25) is 0 Å². The van der Waals surface area contributed by atoms with Gasteiger partial charge >= 0.3 is 0 Å². The maximum Gasteiger partial charge on any atom is 0.188 e. The van der Waals surface area contributed by atoms with Crippen molar-refractivity contribution in [2.75, 3.05) is 37.6 Å². The predicted octanol–water partition coefficient (Wildman–Crippen LogP) is 2.65. The molecule has 6 heteroatoms. The van der Waals surface area contributed by atoms with Crippen LogP contribution in [0.1, 0.15) is 31.4 Å². The standard InChI is InChI=1S/C16H25N5S/c1-12-14-15(19(2)18-12)17-16(22-14)21-9-5-6-13(11-21)10-20-7-3-4-8-20/h13H,3-11H2,1-2H3/t13-/m0/s1. The fraction of sp³-hybridized carbons (Fsp3) is 0.750. The van der Waals surface area contributed by atoms with Gasteiger partial charge in [0.2, 0.25) is 0 Å². The van der Waals surface area contributed by atoms with Gasteiger partial charge in [0.15, 0.2) is 10.8 Å². The third kappa shape index (κ3) is 2.63. The van der Waals surface area contributed by atoms with E-state index in [0.717, 1.165) is 23.8 Å². The van der Waals surface area contributed by atoms with Crippen LogP contribution in [0.4, 0.5) is 5.13 Å². The van der Waals surface area contributed by atoms with Crippen molar-refractivity contribution in [1.29, 1.82) is 0 Å². The van der Waals surface area contributed by atoms with Gasteiger partial charge in [0, 0.05) is 26.7 Å². The number of rotatable bonds is 3. The minimum atomic E-state index is 0.804. The van der Waals surface area contributed by atoms with Crippen LogP contribution in [-0.2, 0) is 7.05 Å². The molecular weight excluding hydrogens is 294 g/mol. The summed E-state index contributed by atoms with van der Waals surface area (Å²) in [5.41, 5.74) is 2.14. The van der Waals surface area contributed by atoms with Crippen molar-refractivity contribution in [2.24, 2.45) is 13.0 Å². The number of fused-ring (bicyclic) bond motifs is 1. The van der Waals surface area contributed by atoms with Gasteiger partial charge in [-0.2, -0.15) is 5.10 Å². The number of thiazole rings is 1. The van der Waals surface area contributed by atoms with Crippen LogP contribution in [-0.4, -0.2) is 52.4 Å². The van der Waals surface area contributed by atoms with Crippen LogP contribution in [0, 0.1) is 12.8 Å². The number of hydrogen-bond donors (Lipinski definition) is 0. The highest BCUT2D eigenvalue weighted by atomic mass is 32.1. The van der Waals surface area contributed by atoms with E-state index in [-0.39, 0.29) is 0 Å². The van der Waals surface area contributed by atoms with Crippen molar-refractivity contribution in [3.63, 3.8) is 0 Å². The molecule has 2 saturated heterocycles. The molecule has 2 fully saturated rings. The molecule has 2 aliphatic rings. The lowest BCUT2D eigenvalue weighted by Gasteiger charge is -2.34. The topological polar surface area (TPSA) is 37.2 Å². The number of anilines is 1. The summed E-state index contributed by atoms with van der Waals surface area (Å²) in [6, 6.07) is 0. The molecule has 0 saturated carbocycles. The Kier molecular flexibility index (Phi) is 3.82. The fourth-order valence-corrected chi connectivity index (χ4v) is 4.99. The van der Waals surface area contributed by atoms with Gasteiger partial charge in [-0.15, -0.1) is 0 Å². The maximum absolute atomic E-state index is 4.85. The molecule has 22 heavy (non-hydrogen) atoms. The first-order valence-electron chi connectivity index (χ1n) is 8.48. The third-order valence-electron chi connectivity index (χ3n) is 5.04. The van der Waals surface area contributed by atoms with Gasteiger partial charge in [-0.05, 0) is 51.6 Å². The minimum Gasteiger partial charge on any atom is -0.348 e. The first kappa shape index (κ1) is 14.5. The first-order chi connectivity index (χ1) is 10.7. The number of nitrogens with zero attached hydrogens (tertiary/aromatic N) is 5. The van der Waals surface area contributed by atoms with E-state index in [4.69, 9.17) is 4.98 Å². The summed E-state index contributed by atoms with van der Waals surface area (Å²) >= 11 is 1.81. The van der Waals surface area contributed by atoms with Gasteiger partial charge in [-0.1, -0.05) is 11.3 Å². The van der Waals surface area contributed by atoms with Crippen LogP contribution >= 0.6 is 11.3 Å². The van der Waals surface area contributed by atoms with E-state index in [0.29, 0.717) is 0 Å². The van der Waals surface area contributed by atoms with Gasteiger partial charge in [0.05, 0.1) is 10.4 Å². The van der Waals surface area contributed by atoms with Gasteiger partial charge in [0.25, 0.3) is 0 Å². The Labute approximate surface area is 135 Å². The molecule has 4 rings (SSSR count). The van der Waals surface area contributed by atoms with E-state index < -0.39 is 0 Å². The molecule has 0 radical (unpaired) electrons. The Morgan fingerprint density at radius 3 is 2.77 bits per heavy atom. The zero-order valence-electron chi connectivity index (χ0n) is 13.6. The molecule has 0 bridgehead atoms. The highest BCUT2D eigenvalue weighted by Gasteiger charge is 2.26. The van der Waals surface area contributed by atoms with Crippen LogP contribution < -0.4 is 4.90 Å². The average Bonchev–Trinajstić information content (AvgIpc) is 3.20. The molecule has 0 aromatic carbocycles. The second-order valence-electron chi connectivity index (χ2n) is 6.82. The Balaban J connectivity index is 1.49. The van der Waals surface area contributed by atoms with Crippen molar-refractivity contribution in [3.8, 4) is 0 Å². The molecule has 2 aliphatic heterocycles. The quantitative estimate of drug-likeness (QED) is 0.871. The maximum atomic E-state index is 4.85. The van der Waals surface area contributed by atoms with E-state index in [2.05, 4.69) is 21.8 Å². The van der Waals surface area contributed by atoms with Crippen molar-refractivity contribution in [2.45, 2.75) is 32.6 Å². The average molecular weight is 319 g/mol. The lowest BCUT2D eigenvalue weighted by molar-refractivity contribution is 0.255. The number of piperidine rings is 1. The van der Waals surface area contributed by atoms with Crippen molar-refractivity contribution in [3.05, 3.63) is 5.69 Å². The first-order valence-corrected chi connectivity index (χ1v) is 9.30. The molecule has 5 nitrogen and oxygen atoms in total. The molecule has 2 aromatic heterocycles. The van der Waals surface area contributed by atoms with Gasteiger partial charge < -0.3 is 9.80 Å². The van der Waals surface area contributed by atoms with Crippen LogP contribution in [0.3, 0.4) is 0 Å².